The van der Waals surface area contributed by atoms with E-state index in [1.54, 1.807) is 10.8 Å². The van der Waals surface area contributed by atoms with Crippen molar-refractivity contribution in [1.82, 2.24) is 0 Å². The van der Waals surface area contributed by atoms with E-state index in [1.807, 2.05) is 0 Å². The molecular formula is C5H10O2S2. The summed E-state index contributed by atoms with van der Waals surface area (Å²) in [4.78, 5) is 10.4. The van der Waals surface area contributed by atoms with Gasteiger partial charge in [0.05, 0.1) is 0 Å². The van der Waals surface area contributed by atoms with Crippen molar-refractivity contribution in [3.05, 3.63) is 0 Å². The maximum Gasteiger partial charge on any atom is 0.353 e. The van der Waals surface area contributed by atoms with Crippen molar-refractivity contribution < 1.29 is 9.90 Å². The van der Waals surface area contributed by atoms with Gasteiger partial charge >= 0.3 is 5.30 Å². The average Bonchev–Trinajstić information content (AvgIpc) is 1.90. The van der Waals surface area contributed by atoms with Gasteiger partial charge < -0.3 is 5.11 Å². The standard InChI is InChI=1S/C5H10O2S2/c6-5(7)9-4-2-1-3-8-9/h9H,1-4H2,(H,6,7). The van der Waals surface area contributed by atoms with Crippen LogP contribution in [0, 0.1) is 0 Å². The van der Waals surface area contributed by atoms with E-state index in [9.17, 15) is 4.79 Å². The monoisotopic (exact) mass is 166 g/mol. The summed E-state index contributed by atoms with van der Waals surface area (Å²) in [5, 5.41) is 7.97. The number of hydrogen-bond donors (Lipinski definition) is 2. The minimum atomic E-state index is -0.697. The first-order valence-corrected chi connectivity index (χ1v) is 6.06. The molecule has 1 fully saturated rings. The van der Waals surface area contributed by atoms with E-state index in [-0.39, 0.29) is 0 Å². The third-order valence-electron chi connectivity index (χ3n) is 1.22. The minimum Gasteiger partial charge on any atom is -0.474 e. The molecule has 0 radical (unpaired) electrons. The van der Waals surface area contributed by atoms with Gasteiger partial charge in [-0.05, 0) is 18.6 Å². The van der Waals surface area contributed by atoms with Crippen LogP contribution in [0.2, 0.25) is 0 Å². The zero-order valence-electron chi connectivity index (χ0n) is 5.04. The number of carboxylic acid groups (broad SMARTS) is 1. The Kier molecular flexibility index (Phi) is 2.72. The molecule has 0 spiro atoms. The number of hydrogen-bond acceptors (Lipinski definition) is 2. The van der Waals surface area contributed by atoms with Crippen LogP contribution >= 0.6 is 20.7 Å². The molecule has 0 saturated carbocycles. The van der Waals surface area contributed by atoms with E-state index in [0.717, 1.165) is 17.9 Å². The van der Waals surface area contributed by atoms with Crippen LogP contribution < -0.4 is 0 Å². The second-order valence-corrected chi connectivity index (χ2v) is 6.28. The van der Waals surface area contributed by atoms with Gasteiger partial charge in [-0.2, -0.15) is 0 Å². The highest BCUT2D eigenvalue weighted by molar-refractivity contribution is 8.90. The fourth-order valence-electron chi connectivity index (χ4n) is 0.748. The van der Waals surface area contributed by atoms with Gasteiger partial charge in [0.25, 0.3) is 0 Å². The molecule has 0 bridgehead atoms. The molecule has 0 aromatic carbocycles. The van der Waals surface area contributed by atoms with Crippen LogP contribution in [-0.2, 0) is 0 Å². The van der Waals surface area contributed by atoms with Gasteiger partial charge in [0.15, 0.2) is 0 Å². The molecular weight excluding hydrogens is 156 g/mol. The highest BCUT2D eigenvalue weighted by Gasteiger charge is 2.15. The molecule has 0 aliphatic carbocycles. The molecule has 0 aromatic rings. The molecule has 1 atom stereocenters. The summed E-state index contributed by atoms with van der Waals surface area (Å²) in [6.45, 7) is 0. The van der Waals surface area contributed by atoms with Crippen molar-refractivity contribution in [3.8, 4) is 0 Å². The molecule has 1 aliphatic rings. The summed E-state index contributed by atoms with van der Waals surface area (Å²) in [5.41, 5.74) is 0. The van der Waals surface area contributed by atoms with Gasteiger partial charge in [-0.15, -0.1) is 20.7 Å². The largest absolute Gasteiger partial charge is 0.474 e. The SMILES string of the molecule is O=C(O)[SH]1CCCCS1. The van der Waals surface area contributed by atoms with E-state index in [4.69, 9.17) is 5.11 Å². The maximum atomic E-state index is 10.4. The second-order valence-electron chi connectivity index (χ2n) is 1.93. The Hall–Kier alpha value is 0.170. The molecule has 1 rings (SSSR count). The Morgan fingerprint density at radius 2 is 2.33 bits per heavy atom. The van der Waals surface area contributed by atoms with Gasteiger partial charge in [-0.3, -0.25) is 0 Å². The summed E-state index contributed by atoms with van der Waals surface area (Å²) in [6, 6.07) is 0. The predicted molar refractivity (Wildman–Crippen MR) is 43.6 cm³/mol. The third kappa shape index (κ3) is 2.10. The summed E-state index contributed by atoms with van der Waals surface area (Å²) in [6.07, 6.45) is 2.32. The lowest BCUT2D eigenvalue weighted by Gasteiger charge is -2.19. The molecule has 1 N–H and O–H groups in total. The molecule has 9 heavy (non-hydrogen) atoms. The molecule has 1 saturated heterocycles. The molecule has 2 nitrogen and oxygen atoms in total. The second kappa shape index (κ2) is 3.37. The lowest BCUT2D eigenvalue weighted by atomic mass is 10.4. The summed E-state index contributed by atoms with van der Waals surface area (Å²) >= 11 is 0. The Labute approximate surface area is 60.8 Å². The summed E-state index contributed by atoms with van der Waals surface area (Å²) in [7, 11) is 0.939. The van der Waals surface area contributed by atoms with Crippen LogP contribution in [0.25, 0.3) is 0 Å². The van der Waals surface area contributed by atoms with E-state index >= 15 is 0 Å². The summed E-state index contributed by atoms with van der Waals surface area (Å²) in [5.74, 6) is 1.98. The highest BCUT2D eigenvalue weighted by atomic mass is 33.1. The normalized spacial score (nSPS) is 31.8. The molecule has 1 unspecified atom stereocenters. The van der Waals surface area contributed by atoms with Crippen molar-refractivity contribution in [2.24, 2.45) is 0 Å². The van der Waals surface area contributed by atoms with Crippen molar-refractivity contribution in [2.45, 2.75) is 12.8 Å². The van der Waals surface area contributed by atoms with Crippen molar-refractivity contribution in [2.75, 3.05) is 11.5 Å². The molecule has 54 valence electrons. The van der Waals surface area contributed by atoms with E-state index in [2.05, 4.69) is 0 Å². The van der Waals surface area contributed by atoms with Crippen LogP contribution in [0.15, 0.2) is 0 Å². The topological polar surface area (TPSA) is 37.3 Å². The van der Waals surface area contributed by atoms with E-state index in [1.165, 1.54) is 6.42 Å². The van der Waals surface area contributed by atoms with Crippen LogP contribution in [0.4, 0.5) is 4.79 Å². The Morgan fingerprint density at radius 1 is 1.56 bits per heavy atom. The van der Waals surface area contributed by atoms with Gasteiger partial charge in [-0.25, -0.2) is 4.79 Å². The maximum absolute atomic E-state index is 10.4. The Balaban J connectivity index is 2.31. The molecule has 4 heteroatoms. The zero-order valence-corrected chi connectivity index (χ0v) is 6.75. The van der Waals surface area contributed by atoms with Gasteiger partial charge in [0.1, 0.15) is 0 Å². The fourth-order valence-corrected chi connectivity index (χ4v) is 4.40. The molecule has 0 aromatic heterocycles. The van der Waals surface area contributed by atoms with Crippen LogP contribution in [0.3, 0.4) is 0 Å². The van der Waals surface area contributed by atoms with E-state index in [0.29, 0.717) is 0 Å². The average molecular weight is 166 g/mol. The van der Waals surface area contributed by atoms with Gasteiger partial charge in [-0.1, -0.05) is 0 Å². The number of thiol groups is 1. The first-order chi connectivity index (χ1) is 4.30. The van der Waals surface area contributed by atoms with Crippen molar-refractivity contribution in [3.63, 3.8) is 0 Å². The van der Waals surface area contributed by atoms with Crippen molar-refractivity contribution in [1.29, 1.82) is 0 Å². The van der Waals surface area contributed by atoms with Crippen LogP contribution in [0.5, 0.6) is 0 Å². The Bertz CT molecular complexity index is 110. The van der Waals surface area contributed by atoms with Crippen LogP contribution in [-0.4, -0.2) is 21.9 Å². The van der Waals surface area contributed by atoms with Crippen molar-refractivity contribution >= 4 is 26.0 Å². The quantitative estimate of drug-likeness (QED) is 0.427. The smallest absolute Gasteiger partial charge is 0.353 e. The predicted octanol–water partition coefficient (Wildman–Crippen LogP) is 2.11. The lowest BCUT2D eigenvalue weighted by Crippen LogP contribution is -2.02. The highest BCUT2D eigenvalue weighted by Crippen LogP contribution is 2.45. The first kappa shape index (κ1) is 7.28. The molecule has 0 amide bonds. The van der Waals surface area contributed by atoms with Gasteiger partial charge in [0.2, 0.25) is 0 Å². The molecule has 1 aliphatic heterocycles. The van der Waals surface area contributed by atoms with Gasteiger partial charge in [0, 0.05) is 5.75 Å². The fraction of sp³-hybridized carbons (Fsp3) is 0.800. The first-order valence-electron chi connectivity index (χ1n) is 2.94. The number of carbonyl (C=O) groups is 1. The minimum absolute atomic E-state index is 0.574. The summed E-state index contributed by atoms with van der Waals surface area (Å²) < 4.78 is 0. The molecule has 1 heterocycles. The Morgan fingerprint density at radius 3 is 2.67 bits per heavy atom. The number of rotatable bonds is 0. The zero-order chi connectivity index (χ0) is 6.69. The lowest BCUT2D eigenvalue weighted by molar-refractivity contribution is 0.222. The third-order valence-corrected chi connectivity index (χ3v) is 5.65. The van der Waals surface area contributed by atoms with Crippen LogP contribution in [0.1, 0.15) is 12.8 Å². The van der Waals surface area contributed by atoms with E-state index < -0.39 is 15.2 Å².